The van der Waals surface area contributed by atoms with Crippen LogP contribution in [0.25, 0.3) is 0 Å². The van der Waals surface area contributed by atoms with Gasteiger partial charge in [0.25, 0.3) is 0 Å². The Balaban J connectivity index is 2.43. The second kappa shape index (κ2) is 6.73. The zero-order valence-corrected chi connectivity index (χ0v) is 12.4. The zero-order valence-electron chi connectivity index (χ0n) is 11.7. The number of benzene rings is 2. The molecule has 0 aliphatic carbocycles. The van der Waals surface area contributed by atoms with Crippen LogP contribution < -0.4 is 10.2 Å². The van der Waals surface area contributed by atoms with Gasteiger partial charge < -0.3 is 10.2 Å². The molecule has 20 heavy (non-hydrogen) atoms. The van der Waals surface area contributed by atoms with E-state index in [0.29, 0.717) is 17.3 Å². The average Bonchev–Trinajstić information content (AvgIpc) is 2.45. The van der Waals surface area contributed by atoms with Crippen molar-refractivity contribution in [3.05, 3.63) is 58.9 Å². The van der Waals surface area contributed by atoms with Gasteiger partial charge >= 0.3 is 0 Å². The van der Waals surface area contributed by atoms with Crippen LogP contribution >= 0.6 is 11.6 Å². The molecular formula is C16H18ClFN2. The lowest BCUT2D eigenvalue weighted by Gasteiger charge is -2.24. The van der Waals surface area contributed by atoms with E-state index in [2.05, 4.69) is 5.32 Å². The summed E-state index contributed by atoms with van der Waals surface area (Å²) in [7, 11) is 1.83. The van der Waals surface area contributed by atoms with E-state index in [0.717, 1.165) is 17.8 Å². The summed E-state index contributed by atoms with van der Waals surface area (Å²) in [5.74, 6) is -0.260. The van der Waals surface area contributed by atoms with E-state index in [1.165, 1.54) is 6.07 Å². The Morgan fingerprint density at radius 1 is 1.15 bits per heavy atom. The van der Waals surface area contributed by atoms with Crippen molar-refractivity contribution in [1.82, 2.24) is 5.32 Å². The van der Waals surface area contributed by atoms with Gasteiger partial charge in [-0.05, 0) is 30.3 Å². The van der Waals surface area contributed by atoms with E-state index in [9.17, 15) is 4.39 Å². The van der Waals surface area contributed by atoms with E-state index >= 15 is 0 Å². The Kier molecular flexibility index (Phi) is 4.99. The van der Waals surface area contributed by atoms with E-state index in [1.54, 1.807) is 17.0 Å². The molecule has 2 aromatic carbocycles. The average molecular weight is 293 g/mol. The van der Waals surface area contributed by atoms with Crippen LogP contribution in [0.1, 0.15) is 12.5 Å². The van der Waals surface area contributed by atoms with Crippen LogP contribution in [0.4, 0.5) is 15.8 Å². The lowest BCUT2D eigenvalue weighted by atomic mass is 10.1. The minimum atomic E-state index is -0.260. The molecule has 0 unspecified atom stereocenters. The second-order valence-electron chi connectivity index (χ2n) is 4.54. The van der Waals surface area contributed by atoms with Crippen molar-refractivity contribution in [2.24, 2.45) is 0 Å². The molecule has 0 aliphatic rings. The summed E-state index contributed by atoms with van der Waals surface area (Å²) in [5.41, 5.74) is 2.39. The van der Waals surface area contributed by atoms with Gasteiger partial charge in [-0.25, -0.2) is 4.39 Å². The predicted molar refractivity (Wildman–Crippen MR) is 83.3 cm³/mol. The highest BCUT2D eigenvalue weighted by molar-refractivity contribution is 6.33. The molecule has 0 fully saturated rings. The van der Waals surface area contributed by atoms with Crippen molar-refractivity contribution in [2.45, 2.75) is 13.5 Å². The molecule has 1 N–H and O–H groups in total. The van der Waals surface area contributed by atoms with Crippen LogP contribution in [0.2, 0.25) is 5.02 Å². The molecule has 4 heteroatoms. The van der Waals surface area contributed by atoms with E-state index in [-0.39, 0.29) is 5.82 Å². The quantitative estimate of drug-likeness (QED) is 0.881. The number of hydrogen-bond acceptors (Lipinski definition) is 2. The van der Waals surface area contributed by atoms with Gasteiger partial charge in [0.2, 0.25) is 0 Å². The summed E-state index contributed by atoms with van der Waals surface area (Å²) >= 11 is 6.31. The summed E-state index contributed by atoms with van der Waals surface area (Å²) in [4.78, 5) is 1.80. The van der Waals surface area contributed by atoms with Gasteiger partial charge in [0, 0.05) is 13.6 Å². The van der Waals surface area contributed by atoms with Crippen LogP contribution in [-0.4, -0.2) is 13.6 Å². The molecule has 0 heterocycles. The fourth-order valence-corrected chi connectivity index (χ4v) is 2.50. The lowest BCUT2D eigenvalue weighted by molar-refractivity contribution is 0.627. The van der Waals surface area contributed by atoms with Gasteiger partial charge in [0.15, 0.2) is 0 Å². The van der Waals surface area contributed by atoms with Gasteiger partial charge in [-0.15, -0.1) is 0 Å². The molecule has 106 valence electrons. The summed E-state index contributed by atoms with van der Waals surface area (Å²) in [5, 5.41) is 3.89. The minimum Gasteiger partial charge on any atom is -0.341 e. The third-order valence-electron chi connectivity index (χ3n) is 3.19. The van der Waals surface area contributed by atoms with Crippen molar-refractivity contribution < 1.29 is 4.39 Å². The molecule has 2 rings (SSSR count). The molecule has 0 atom stereocenters. The first-order valence-electron chi connectivity index (χ1n) is 6.61. The maximum Gasteiger partial charge on any atom is 0.146 e. The first-order chi connectivity index (χ1) is 9.65. The Labute approximate surface area is 124 Å². The highest BCUT2D eigenvalue weighted by Crippen LogP contribution is 2.34. The normalized spacial score (nSPS) is 10.6. The monoisotopic (exact) mass is 292 g/mol. The first kappa shape index (κ1) is 14.8. The first-order valence-corrected chi connectivity index (χ1v) is 6.99. The number of halogens is 2. The van der Waals surface area contributed by atoms with Crippen LogP contribution in [-0.2, 0) is 6.54 Å². The molecular weight excluding hydrogens is 275 g/mol. The second-order valence-corrected chi connectivity index (χ2v) is 4.95. The molecule has 0 amide bonds. The largest absolute Gasteiger partial charge is 0.341 e. The Hall–Kier alpha value is -1.58. The number of rotatable bonds is 5. The third-order valence-corrected chi connectivity index (χ3v) is 3.49. The van der Waals surface area contributed by atoms with Gasteiger partial charge in [0.05, 0.1) is 16.4 Å². The highest BCUT2D eigenvalue weighted by atomic mass is 35.5. The highest BCUT2D eigenvalue weighted by Gasteiger charge is 2.15. The Morgan fingerprint density at radius 3 is 2.60 bits per heavy atom. The maximum atomic E-state index is 13.9. The molecule has 0 radical (unpaired) electrons. The molecule has 2 nitrogen and oxygen atoms in total. The zero-order chi connectivity index (χ0) is 14.5. The van der Waals surface area contributed by atoms with Gasteiger partial charge in [0.1, 0.15) is 5.82 Å². The number of anilines is 2. The van der Waals surface area contributed by atoms with Crippen LogP contribution in [0.15, 0.2) is 42.5 Å². The molecule has 0 aromatic heterocycles. The number of hydrogen-bond donors (Lipinski definition) is 1. The van der Waals surface area contributed by atoms with Crippen LogP contribution in [0, 0.1) is 5.82 Å². The molecule has 0 saturated heterocycles. The molecule has 0 bridgehead atoms. The van der Waals surface area contributed by atoms with E-state index in [1.807, 2.05) is 38.2 Å². The summed E-state index contributed by atoms with van der Waals surface area (Å²) in [6.45, 7) is 3.62. The predicted octanol–water partition coefficient (Wildman–Crippen LogP) is 4.36. The summed E-state index contributed by atoms with van der Waals surface area (Å²) in [6.07, 6.45) is 0. The van der Waals surface area contributed by atoms with E-state index < -0.39 is 0 Å². The minimum absolute atomic E-state index is 0.260. The lowest BCUT2D eigenvalue weighted by Crippen LogP contribution is -2.18. The number of nitrogens with zero attached hydrogens (tertiary/aromatic N) is 1. The van der Waals surface area contributed by atoms with Crippen LogP contribution in [0.3, 0.4) is 0 Å². The Morgan fingerprint density at radius 2 is 1.90 bits per heavy atom. The smallest absolute Gasteiger partial charge is 0.146 e. The van der Waals surface area contributed by atoms with E-state index in [4.69, 9.17) is 11.6 Å². The third kappa shape index (κ3) is 3.11. The van der Waals surface area contributed by atoms with Gasteiger partial charge in [-0.3, -0.25) is 0 Å². The molecule has 2 aromatic rings. The fraction of sp³-hybridized carbons (Fsp3) is 0.250. The standard InChI is InChI=1S/C16H18ClFN2/c1-3-19-11-12-7-6-8-13(17)16(12)20(2)15-10-5-4-9-14(15)18/h4-10,19H,3,11H2,1-2H3. The number of nitrogens with one attached hydrogen (secondary N) is 1. The van der Waals surface area contributed by atoms with Crippen molar-refractivity contribution >= 4 is 23.0 Å². The Bertz CT molecular complexity index is 586. The van der Waals surface area contributed by atoms with Gasteiger partial charge in [-0.2, -0.15) is 0 Å². The summed E-state index contributed by atoms with van der Waals surface area (Å²) < 4.78 is 13.9. The summed E-state index contributed by atoms with van der Waals surface area (Å²) in [6, 6.07) is 12.4. The number of para-hydroxylation sites is 2. The maximum absolute atomic E-state index is 13.9. The van der Waals surface area contributed by atoms with Crippen molar-refractivity contribution in [3.63, 3.8) is 0 Å². The molecule has 0 spiro atoms. The molecule has 0 aliphatic heterocycles. The SMILES string of the molecule is CCNCc1cccc(Cl)c1N(C)c1ccccc1F. The molecule has 0 saturated carbocycles. The van der Waals surface area contributed by atoms with Crippen molar-refractivity contribution in [1.29, 1.82) is 0 Å². The fourth-order valence-electron chi connectivity index (χ4n) is 2.18. The van der Waals surface area contributed by atoms with Gasteiger partial charge in [-0.1, -0.05) is 42.8 Å². The van der Waals surface area contributed by atoms with Crippen molar-refractivity contribution in [2.75, 3.05) is 18.5 Å². The topological polar surface area (TPSA) is 15.3 Å². The van der Waals surface area contributed by atoms with Crippen molar-refractivity contribution in [3.8, 4) is 0 Å². The van der Waals surface area contributed by atoms with Crippen LogP contribution in [0.5, 0.6) is 0 Å².